The molecule has 16 heavy (non-hydrogen) atoms. The van der Waals surface area contributed by atoms with Crippen LogP contribution in [0.15, 0.2) is 23.1 Å². The average molecular weight is 243 g/mol. The largest absolute Gasteiger partial charge is 0.495 e. The minimum atomic E-state index is -3.28. The Labute approximate surface area is 96.5 Å². The molecular weight excluding hydrogens is 226 g/mol. The maximum atomic E-state index is 12.0. The summed E-state index contributed by atoms with van der Waals surface area (Å²) in [5, 5.41) is 2.83. The highest BCUT2D eigenvalue weighted by molar-refractivity contribution is 7.91. The van der Waals surface area contributed by atoms with E-state index in [4.69, 9.17) is 4.74 Å². The van der Waals surface area contributed by atoms with Crippen LogP contribution in [0.3, 0.4) is 0 Å². The van der Waals surface area contributed by atoms with Crippen LogP contribution in [0.25, 0.3) is 0 Å². The molecule has 0 unspecified atom stereocenters. The van der Waals surface area contributed by atoms with E-state index in [1.807, 2.05) is 13.0 Å². The highest BCUT2D eigenvalue weighted by Gasteiger charge is 2.18. The lowest BCUT2D eigenvalue weighted by Crippen LogP contribution is -2.19. The molecular formula is C11H17NO3S. The molecule has 0 aromatic heterocycles. The normalized spacial score (nSPS) is 11.4. The van der Waals surface area contributed by atoms with E-state index in [1.165, 1.54) is 7.11 Å². The van der Waals surface area contributed by atoms with Crippen LogP contribution in [0.4, 0.5) is 0 Å². The molecule has 1 rings (SSSR count). The van der Waals surface area contributed by atoms with Crippen molar-refractivity contribution >= 4 is 9.84 Å². The van der Waals surface area contributed by atoms with Crippen LogP contribution in [-0.2, 0) is 9.84 Å². The van der Waals surface area contributed by atoms with Crippen molar-refractivity contribution in [2.24, 2.45) is 0 Å². The van der Waals surface area contributed by atoms with Gasteiger partial charge in [0, 0.05) is 6.54 Å². The molecule has 5 heteroatoms. The van der Waals surface area contributed by atoms with Crippen LogP contribution in [0, 0.1) is 6.92 Å². The molecule has 0 heterocycles. The minimum absolute atomic E-state index is 0.0727. The lowest BCUT2D eigenvalue weighted by atomic mass is 10.2. The Kier molecular flexibility index (Phi) is 4.32. The van der Waals surface area contributed by atoms with Crippen molar-refractivity contribution in [3.8, 4) is 5.75 Å². The van der Waals surface area contributed by atoms with Crippen molar-refractivity contribution < 1.29 is 13.2 Å². The fourth-order valence-electron chi connectivity index (χ4n) is 1.37. The van der Waals surface area contributed by atoms with Crippen molar-refractivity contribution in [1.82, 2.24) is 5.32 Å². The number of nitrogens with one attached hydrogen (secondary N) is 1. The molecule has 1 N–H and O–H groups in total. The van der Waals surface area contributed by atoms with Crippen molar-refractivity contribution in [3.63, 3.8) is 0 Å². The summed E-state index contributed by atoms with van der Waals surface area (Å²) in [6, 6.07) is 5.15. The zero-order valence-corrected chi connectivity index (χ0v) is 10.6. The summed E-state index contributed by atoms with van der Waals surface area (Å²) < 4.78 is 29.1. The molecule has 1 aromatic rings. The van der Waals surface area contributed by atoms with Crippen LogP contribution in [-0.4, -0.2) is 34.9 Å². The number of benzene rings is 1. The van der Waals surface area contributed by atoms with Gasteiger partial charge < -0.3 is 10.1 Å². The average Bonchev–Trinajstić information content (AvgIpc) is 2.26. The highest BCUT2D eigenvalue weighted by atomic mass is 32.2. The van der Waals surface area contributed by atoms with Crippen molar-refractivity contribution in [1.29, 1.82) is 0 Å². The van der Waals surface area contributed by atoms with Crippen LogP contribution in [0.5, 0.6) is 5.75 Å². The number of rotatable bonds is 5. The van der Waals surface area contributed by atoms with Gasteiger partial charge >= 0.3 is 0 Å². The van der Waals surface area contributed by atoms with Crippen molar-refractivity contribution in [3.05, 3.63) is 23.8 Å². The van der Waals surface area contributed by atoms with Gasteiger partial charge in [0.05, 0.1) is 12.9 Å². The first-order valence-corrected chi connectivity index (χ1v) is 6.68. The van der Waals surface area contributed by atoms with Gasteiger partial charge in [-0.1, -0.05) is 6.07 Å². The molecule has 0 radical (unpaired) electrons. The van der Waals surface area contributed by atoms with E-state index in [2.05, 4.69) is 5.32 Å². The number of sulfone groups is 1. The molecule has 0 saturated carbocycles. The van der Waals surface area contributed by atoms with Crippen molar-refractivity contribution in [2.45, 2.75) is 11.8 Å². The zero-order chi connectivity index (χ0) is 12.2. The standard InChI is InChI=1S/C11H17NO3S/c1-9-4-5-10(15-3)11(8-9)16(13,14)7-6-12-2/h4-5,8,12H,6-7H2,1-3H3. The van der Waals surface area contributed by atoms with E-state index in [0.29, 0.717) is 12.3 Å². The van der Waals surface area contributed by atoms with Gasteiger partial charge in [-0.2, -0.15) is 0 Å². The molecule has 0 aliphatic carbocycles. The first-order valence-electron chi connectivity index (χ1n) is 5.03. The van der Waals surface area contributed by atoms with Gasteiger partial charge in [0.25, 0.3) is 0 Å². The van der Waals surface area contributed by atoms with Crippen LogP contribution in [0.1, 0.15) is 5.56 Å². The summed E-state index contributed by atoms with van der Waals surface area (Å²) >= 11 is 0. The van der Waals surface area contributed by atoms with E-state index >= 15 is 0 Å². The Morgan fingerprint density at radius 1 is 1.38 bits per heavy atom. The van der Waals surface area contributed by atoms with Gasteiger partial charge in [-0.25, -0.2) is 8.42 Å². The third-order valence-corrected chi connectivity index (χ3v) is 4.01. The molecule has 4 nitrogen and oxygen atoms in total. The quantitative estimate of drug-likeness (QED) is 0.838. The Balaban J connectivity index is 3.15. The Bertz CT molecular complexity index is 454. The summed E-state index contributed by atoms with van der Waals surface area (Å²) in [5.41, 5.74) is 0.906. The lowest BCUT2D eigenvalue weighted by Gasteiger charge is -2.10. The Morgan fingerprint density at radius 3 is 2.62 bits per heavy atom. The van der Waals surface area contributed by atoms with E-state index < -0.39 is 9.84 Å². The van der Waals surface area contributed by atoms with Crippen LogP contribution in [0.2, 0.25) is 0 Å². The molecule has 0 amide bonds. The van der Waals surface area contributed by atoms with Crippen LogP contribution < -0.4 is 10.1 Å². The highest BCUT2D eigenvalue weighted by Crippen LogP contribution is 2.25. The van der Waals surface area contributed by atoms with E-state index in [1.54, 1.807) is 19.2 Å². The van der Waals surface area contributed by atoms with Gasteiger partial charge in [0.15, 0.2) is 9.84 Å². The fraction of sp³-hybridized carbons (Fsp3) is 0.455. The molecule has 0 aliphatic rings. The van der Waals surface area contributed by atoms with Gasteiger partial charge in [-0.3, -0.25) is 0 Å². The predicted octanol–water partition coefficient (Wildman–Crippen LogP) is 0.997. The van der Waals surface area contributed by atoms with E-state index in [9.17, 15) is 8.42 Å². The second kappa shape index (κ2) is 5.32. The summed E-state index contributed by atoms with van der Waals surface area (Å²) in [7, 11) is -0.0760. The van der Waals surface area contributed by atoms with Gasteiger partial charge in [-0.15, -0.1) is 0 Å². The number of methoxy groups -OCH3 is 1. The van der Waals surface area contributed by atoms with E-state index in [0.717, 1.165) is 5.56 Å². The summed E-state index contributed by atoms with van der Waals surface area (Å²) in [6.45, 7) is 2.29. The number of ether oxygens (including phenoxy) is 1. The first kappa shape index (κ1) is 13.0. The molecule has 0 bridgehead atoms. The molecule has 1 aromatic carbocycles. The molecule has 0 aliphatic heterocycles. The summed E-state index contributed by atoms with van der Waals surface area (Å²) in [5.74, 6) is 0.477. The second-order valence-electron chi connectivity index (χ2n) is 3.58. The Hall–Kier alpha value is -1.07. The third-order valence-electron chi connectivity index (χ3n) is 2.27. The predicted molar refractivity (Wildman–Crippen MR) is 63.7 cm³/mol. The van der Waals surface area contributed by atoms with Crippen molar-refractivity contribution in [2.75, 3.05) is 26.5 Å². The molecule has 0 fully saturated rings. The lowest BCUT2D eigenvalue weighted by molar-refractivity contribution is 0.402. The van der Waals surface area contributed by atoms with Gasteiger partial charge in [0.2, 0.25) is 0 Å². The summed E-state index contributed by atoms with van der Waals surface area (Å²) in [4.78, 5) is 0.269. The minimum Gasteiger partial charge on any atom is -0.495 e. The molecule has 0 spiro atoms. The smallest absolute Gasteiger partial charge is 0.183 e. The van der Waals surface area contributed by atoms with Gasteiger partial charge in [-0.05, 0) is 31.7 Å². The fourth-order valence-corrected chi connectivity index (χ4v) is 2.89. The monoisotopic (exact) mass is 243 g/mol. The number of hydrogen-bond donors (Lipinski definition) is 1. The number of aryl methyl sites for hydroxylation is 1. The molecule has 90 valence electrons. The van der Waals surface area contributed by atoms with Gasteiger partial charge in [0.1, 0.15) is 10.6 Å². The molecule has 0 saturated heterocycles. The Morgan fingerprint density at radius 2 is 2.06 bits per heavy atom. The number of hydrogen-bond acceptors (Lipinski definition) is 4. The maximum Gasteiger partial charge on any atom is 0.183 e. The first-order chi connectivity index (χ1) is 7.51. The third kappa shape index (κ3) is 2.96. The molecule has 0 atom stereocenters. The van der Waals surface area contributed by atoms with E-state index in [-0.39, 0.29) is 10.6 Å². The topological polar surface area (TPSA) is 55.4 Å². The second-order valence-corrected chi connectivity index (χ2v) is 5.65. The zero-order valence-electron chi connectivity index (χ0n) is 9.78. The maximum absolute atomic E-state index is 12.0. The summed E-state index contributed by atoms with van der Waals surface area (Å²) in [6.07, 6.45) is 0. The SMILES string of the molecule is CNCCS(=O)(=O)c1cc(C)ccc1OC. The van der Waals surface area contributed by atoms with Crippen LogP contribution >= 0.6 is 0 Å².